The van der Waals surface area contributed by atoms with Gasteiger partial charge in [0.25, 0.3) is 0 Å². The van der Waals surface area contributed by atoms with E-state index in [0.717, 1.165) is 0 Å². The van der Waals surface area contributed by atoms with Crippen molar-refractivity contribution in [2.75, 3.05) is 27.2 Å². The average molecular weight is 526 g/mol. The zero-order chi connectivity index (χ0) is 26.7. The van der Waals surface area contributed by atoms with Crippen molar-refractivity contribution in [2.45, 2.75) is 128 Å². The maximum Gasteiger partial charge on any atom is 0.468 e. The van der Waals surface area contributed by atoms with Gasteiger partial charge in [-0.25, -0.2) is 8.42 Å². The third-order valence-corrected chi connectivity index (χ3v) is 6.74. The second-order valence-corrected chi connectivity index (χ2v) is 11.2. The highest BCUT2D eigenvalue weighted by Gasteiger charge is 2.63. The summed E-state index contributed by atoms with van der Waals surface area (Å²) < 4.78 is 84.9. The van der Waals surface area contributed by atoms with Gasteiger partial charge in [-0.2, -0.15) is 22.0 Å². The van der Waals surface area contributed by atoms with Crippen molar-refractivity contribution in [1.29, 1.82) is 0 Å². The van der Waals surface area contributed by atoms with Gasteiger partial charge in [0.1, 0.15) is 0 Å². The lowest BCUT2D eigenvalue weighted by Gasteiger charge is -2.30. The van der Waals surface area contributed by atoms with Gasteiger partial charge in [-0.1, -0.05) is 90.9 Å². The molecule has 0 fully saturated rings. The van der Waals surface area contributed by atoms with E-state index in [1.807, 2.05) is 0 Å². The third-order valence-electron chi connectivity index (χ3n) is 5.88. The summed E-state index contributed by atoms with van der Waals surface area (Å²) in [7, 11) is -1.80. The predicted octanol–water partition coefficient (Wildman–Crippen LogP) is 8.03. The zero-order valence-electron chi connectivity index (χ0n) is 21.7. The van der Waals surface area contributed by atoms with Crippen LogP contribution in [0.5, 0.6) is 0 Å². The molecule has 0 amide bonds. The number of alkyl halides is 5. The molecule has 208 valence electrons. The van der Waals surface area contributed by atoms with Gasteiger partial charge in [0.05, 0.1) is 27.2 Å². The van der Waals surface area contributed by atoms with Crippen molar-refractivity contribution in [3.63, 3.8) is 0 Å². The maximum absolute atomic E-state index is 11.4. The summed E-state index contributed by atoms with van der Waals surface area (Å²) in [6.07, 6.45) is 16.7. The topological polar surface area (TPSA) is 57.2 Å². The van der Waals surface area contributed by atoms with E-state index in [1.54, 1.807) is 0 Å². The lowest BCUT2D eigenvalue weighted by Crippen LogP contribution is -2.43. The first kappa shape index (κ1) is 35.7. The number of hydrogen-bond donors (Lipinski definition) is 0. The molecule has 0 N–H and O–H groups in total. The normalized spacial score (nSPS) is 13.0. The van der Waals surface area contributed by atoms with Crippen LogP contribution < -0.4 is 0 Å². The van der Waals surface area contributed by atoms with Gasteiger partial charge < -0.3 is 9.04 Å². The average Bonchev–Trinajstić information content (AvgIpc) is 2.71. The molecule has 0 aliphatic heterocycles. The summed E-state index contributed by atoms with van der Waals surface area (Å²) in [5, 5.41) is -6.21. The van der Waals surface area contributed by atoms with Gasteiger partial charge in [0.15, 0.2) is 10.1 Å². The standard InChI is InChI=1S/C22H48N.C2HF5O3S/c1-5-7-9-11-13-15-17-19-21-23(3,4)22-20-18-16-14-12-10-8-6-2;3-1(4,5)2(6,7)11(8,9)10/h5-22H2,1-4H3;(H,8,9,10)/q+1;/p-1. The van der Waals surface area contributed by atoms with Gasteiger partial charge in [0, 0.05) is 0 Å². The smallest absolute Gasteiger partial charge is 0.468 e. The molecule has 0 aromatic carbocycles. The molecule has 0 bridgehead atoms. The molecular formula is C24H48F5NO3S. The van der Waals surface area contributed by atoms with E-state index in [-0.39, 0.29) is 0 Å². The van der Waals surface area contributed by atoms with E-state index in [1.165, 1.54) is 120 Å². The molecular weight excluding hydrogens is 477 g/mol. The molecule has 0 radical (unpaired) electrons. The summed E-state index contributed by atoms with van der Waals surface area (Å²) in [5.41, 5.74) is 0. The fraction of sp³-hybridized carbons (Fsp3) is 1.00. The number of hydrogen-bond acceptors (Lipinski definition) is 3. The first-order chi connectivity index (χ1) is 15.6. The Morgan fingerprint density at radius 1 is 0.588 bits per heavy atom. The first-order valence-electron chi connectivity index (χ1n) is 12.8. The molecule has 0 rings (SSSR count). The number of halogens is 5. The summed E-state index contributed by atoms with van der Waals surface area (Å²) in [5.74, 6) is 0. The lowest BCUT2D eigenvalue weighted by molar-refractivity contribution is -0.890. The Hall–Kier alpha value is -0.480. The van der Waals surface area contributed by atoms with Gasteiger partial charge in [-0.05, 0) is 25.7 Å². The SMILES string of the molecule is CCCCCCCCCC[N+](C)(C)CCCCCCCCCC.O=S(=O)([O-])C(F)(F)C(F)(F)F. The van der Waals surface area contributed by atoms with Crippen LogP contribution in [0.3, 0.4) is 0 Å². The largest absolute Gasteiger partial charge is 0.743 e. The quantitative estimate of drug-likeness (QED) is 0.0742. The molecule has 4 nitrogen and oxygen atoms in total. The molecule has 0 heterocycles. The Bertz CT molecular complexity index is 560. The molecule has 0 saturated heterocycles. The minimum absolute atomic E-state index is 1.24. The Kier molecular flexibility index (Phi) is 19.7. The van der Waals surface area contributed by atoms with E-state index < -0.39 is 21.5 Å². The highest BCUT2D eigenvalue weighted by atomic mass is 32.2. The third kappa shape index (κ3) is 18.8. The van der Waals surface area contributed by atoms with Crippen LogP contribution in [0.15, 0.2) is 0 Å². The Labute approximate surface area is 205 Å². The number of unbranched alkanes of at least 4 members (excludes halogenated alkanes) is 14. The van der Waals surface area contributed by atoms with Crippen LogP contribution in [0.25, 0.3) is 0 Å². The van der Waals surface area contributed by atoms with Crippen molar-refractivity contribution in [2.24, 2.45) is 0 Å². The molecule has 0 atom stereocenters. The van der Waals surface area contributed by atoms with Crippen molar-refractivity contribution < 1.29 is 39.4 Å². The van der Waals surface area contributed by atoms with E-state index >= 15 is 0 Å². The van der Waals surface area contributed by atoms with Gasteiger partial charge in [0.2, 0.25) is 0 Å². The minimum Gasteiger partial charge on any atom is -0.743 e. The molecule has 10 heteroatoms. The van der Waals surface area contributed by atoms with Gasteiger partial charge in [-0.3, -0.25) is 0 Å². The number of nitrogens with zero attached hydrogens (tertiary/aromatic N) is 1. The number of quaternary nitrogens is 1. The summed E-state index contributed by atoms with van der Waals surface area (Å²) in [6.45, 7) is 7.36. The molecule has 0 aliphatic carbocycles. The van der Waals surface area contributed by atoms with Crippen LogP contribution in [-0.4, -0.2) is 56.1 Å². The van der Waals surface area contributed by atoms with E-state index in [9.17, 15) is 34.9 Å². The fourth-order valence-electron chi connectivity index (χ4n) is 3.60. The number of rotatable bonds is 19. The molecule has 0 aromatic heterocycles. The van der Waals surface area contributed by atoms with Crippen molar-refractivity contribution in [3.05, 3.63) is 0 Å². The van der Waals surface area contributed by atoms with Crippen molar-refractivity contribution >= 4 is 10.1 Å². The maximum atomic E-state index is 11.4. The van der Waals surface area contributed by atoms with Crippen LogP contribution in [0.4, 0.5) is 22.0 Å². The zero-order valence-corrected chi connectivity index (χ0v) is 22.5. The van der Waals surface area contributed by atoms with Crippen LogP contribution >= 0.6 is 0 Å². The Balaban J connectivity index is 0. The second-order valence-electron chi connectivity index (χ2n) is 9.80. The molecule has 0 unspecified atom stereocenters. The van der Waals surface area contributed by atoms with Crippen molar-refractivity contribution in [3.8, 4) is 0 Å². The molecule has 0 aliphatic rings. The molecule has 0 saturated carbocycles. The monoisotopic (exact) mass is 525 g/mol. The van der Waals surface area contributed by atoms with Gasteiger partial charge in [-0.15, -0.1) is 0 Å². The molecule has 0 aromatic rings. The first-order valence-corrected chi connectivity index (χ1v) is 14.2. The van der Waals surface area contributed by atoms with Crippen LogP contribution in [0, 0.1) is 0 Å². The minimum atomic E-state index is -6.67. The van der Waals surface area contributed by atoms with E-state index in [0.29, 0.717) is 0 Å². The fourth-order valence-corrected chi connectivity index (χ4v) is 3.88. The van der Waals surface area contributed by atoms with Crippen LogP contribution in [0.1, 0.15) is 117 Å². The highest BCUT2D eigenvalue weighted by molar-refractivity contribution is 7.86. The Morgan fingerprint density at radius 2 is 0.853 bits per heavy atom. The lowest BCUT2D eigenvalue weighted by atomic mass is 10.1. The van der Waals surface area contributed by atoms with Gasteiger partial charge >= 0.3 is 11.4 Å². The highest BCUT2D eigenvalue weighted by Crippen LogP contribution is 2.38. The second kappa shape index (κ2) is 18.7. The van der Waals surface area contributed by atoms with Crippen LogP contribution in [-0.2, 0) is 10.1 Å². The summed E-state index contributed by atoms with van der Waals surface area (Å²) in [4.78, 5) is 0. The summed E-state index contributed by atoms with van der Waals surface area (Å²) in [6, 6.07) is 0. The summed E-state index contributed by atoms with van der Waals surface area (Å²) >= 11 is 0. The predicted molar refractivity (Wildman–Crippen MR) is 128 cm³/mol. The van der Waals surface area contributed by atoms with E-state index in [4.69, 9.17) is 0 Å². The van der Waals surface area contributed by atoms with Crippen LogP contribution in [0.2, 0.25) is 0 Å². The van der Waals surface area contributed by atoms with E-state index in [2.05, 4.69) is 27.9 Å². The van der Waals surface area contributed by atoms with Crippen molar-refractivity contribution in [1.82, 2.24) is 0 Å². The molecule has 0 spiro atoms. The Morgan fingerprint density at radius 3 is 1.06 bits per heavy atom. The molecule has 34 heavy (non-hydrogen) atoms.